The molecule has 0 aliphatic carbocycles. The van der Waals surface area contributed by atoms with Crippen LogP contribution in [0.4, 0.5) is 0 Å². The number of carbonyl (C=O) groups is 1. The quantitative estimate of drug-likeness (QED) is 0.641. The molecule has 0 aliphatic rings. The Labute approximate surface area is 63.0 Å². The van der Waals surface area contributed by atoms with Gasteiger partial charge in [-0.05, 0) is 13.0 Å². The molecule has 0 aromatic rings. The number of likely N-dealkylation sites (N-methyl/N-ethyl adjacent to an activating group) is 1. The summed E-state index contributed by atoms with van der Waals surface area (Å²) in [6, 6.07) is 0.0463. The van der Waals surface area contributed by atoms with E-state index in [2.05, 4.69) is 19.2 Å². The van der Waals surface area contributed by atoms with Crippen molar-refractivity contribution in [3.8, 4) is 0 Å². The minimum atomic E-state index is 0.0463. The van der Waals surface area contributed by atoms with Gasteiger partial charge < -0.3 is 5.32 Å². The molecule has 60 valence electrons. The molecular weight excluding hydrogens is 126 g/mol. The van der Waals surface area contributed by atoms with E-state index >= 15 is 0 Å². The van der Waals surface area contributed by atoms with Crippen molar-refractivity contribution >= 4 is 5.78 Å². The lowest BCUT2D eigenvalue weighted by molar-refractivity contribution is -0.121. The van der Waals surface area contributed by atoms with Crippen LogP contribution in [0.5, 0.6) is 0 Å². The lowest BCUT2D eigenvalue weighted by atomic mass is 9.99. The highest BCUT2D eigenvalue weighted by molar-refractivity contribution is 5.83. The van der Waals surface area contributed by atoms with Gasteiger partial charge in [-0.3, -0.25) is 4.79 Å². The van der Waals surface area contributed by atoms with Gasteiger partial charge in [0.2, 0.25) is 0 Å². The summed E-state index contributed by atoms with van der Waals surface area (Å²) in [7, 11) is 1.83. The molecule has 0 spiro atoms. The number of Topliss-reactive ketones (excluding diaryl/α,β-unsaturated/α-hetero) is 1. The molecular formula is C8H17NO. The normalized spacial score (nSPS) is 13.7. The standard InChI is InChI=1S/C8H17NO/c1-5-7(10)8(9-4)6(2)3/h6,8-9H,5H2,1-4H3/t8-/m0/s1. The smallest absolute Gasteiger partial charge is 0.149 e. The average Bonchev–Trinajstić information content (AvgIpc) is 1.88. The summed E-state index contributed by atoms with van der Waals surface area (Å²) in [4.78, 5) is 11.1. The van der Waals surface area contributed by atoms with Crippen LogP contribution >= 0.6 is 0 Å². The Hall–Kier alpha value is -0.370. The fourth-order valence-electron chi connectivity index (χ4n) is 1.09. The topological polar surface area (TPSA) is 29.1 Å². The fourth-order valence-corrected chi connectivity index (χ4v) is 1.09. The van der Waals surface area contributed by atoms with Crippen molar-refractivity contribution in [2.24, 2.45) is 5.92 Å². The second kappa shape index (κ2) is 4.45. The number of nitrogens with one attached hydrogen (secondary N) is 1. The first kappa shape index (κ1) is 9.63. The molecule has 10 heavy (non-hydrogen) atoms. The molecule has 0 aliphatic heterocycles. The molecule has 1 atom stereocenters. The first-order chi connectivity index (χ1) is 4.63. The van der Waals surface area contributed by atoms with Gasteiger partial charge in [0.15, 0.2) is 0 Å². The van der Waals surface area contributed by atoms with Crippen LogP contribution in [-0.2, 0) is 4.79 Å². The molecule has 0 heterocycles. The Morgan fingerprint density at radius 2 is 2.00 bits per heavy atom. The van der Waals surface area contributed by atoms with E-state index in [1.807, 2.05) is 14.0 Å². The van der Waals surface area contributed by atoms with Gasteiger partial charge in [0, 0.05) is 6.42 Å². The maximum atomic E-state index is 11.1. The summed E-state index contributed by atoms with van der Waals surface area (Å²) in [5, 5.41) is 3.00. The second-order valence-electron chi connectivity index (χ2n) is 2.83. The SMILES string of the molecule is CCC(=O)[C@@H](NC)C(C)C. The number of carbonyl (C=O) groups excluding carboxylic acids is 1. The van der Waals surface area contributed by atoms with E-state index in [0.29, 0.717) is 18.1 Å². The van der Waals surface area contributed by atoms with E-state index in [0.717, 1.165) is 0 Å². The summed E-state index contributed by atoms with van der Waals surface area (Å²) >= 11 is 0. The van der Waals surface area contributed by atoms with Crippen molar-refractivity contribution in [3.05, 3.63) is 0 Å². The van der Waals surface area contributed by atoms with Crippen molar-refractivity contribution in [1.82, 2.24) is 5.32 Å². The minimum Gasteiger partial charge on any atom is -0.310 e. The van der Waals surface area contributed by atoms with Crippen LogP contribution in [0.1, 0.15) is 27.2 Å². The first-order valence-electron chi connectivity index (χ1n) is 3.83. The van der Waals surface area contributed by atoms with Gasteiger partial charge >= 0.3 is 0 Å². The third-order valence-electron chi connectivity index (χ3n) is 1.67. The van der Waals surface area contributed by atoms with E-state index in [1.165, 1.54) is 0 Å². The number of rotatable bonds is 4. The van der Waals surface area contributed by atoms with Gasteiger partial charge in [-0.2, -0.15) is 0 Å². The molecule has 0 bridgehead atoms. The van der Waals surface area contributed by atoms with E-state index in [4.69, 9.17) is 0 Å². The van der Waals surface area contributed by atoms with Gasteiger partial charge in [0.05, 0.1) is 6.04 Å². The molecule has 0 fully saturated rings. The maximum absolute atomic E-state index is 11.1. The van der Waals surface area contributed by atoms with Crippen molar-refractivity contribution < 1.29 is 4.79 Å². The Balaban J connectivity index is 3.93. The Bertz CT molecular complexity index is 110. The van der Waals surface area contributed by atoms with Gasteiger partial charge in [0.25, 0.3) is 0 Å². The Morgan fingerprint density at radius 1 is 1.50 bits per heavy atom. The summed E-state index contributed by atoms with van der Waals surface area (Å²) < 4.78 is 0. The zero-order valence-electron chi connectivity index (χ0n) is 7.27. The monoisotopic (exact) mass is 143 g/mol. The van der Waals surface area contributed by atoms with Gasteiger partial charge in [0.1, 0.15) is 5.78 Å². The molecule has 0 rings (SSSR count). The summed E-state index contributed by atoms with van der Waals surface area (Å²) in [5.74, 6) is 0.704. The van der Waals surface area contributed by atoms with Crippen LogP contribution < -0.4 is 5.32 Å². The molecule has 0 radical (unpaired) electrons. The highest BCUT2D eigenvalue weighted by Crippen LogP contribution is 2.03. The highest BCUT2D eigenvalue weighted by atomic mass is 16.1. The van der Waals surface area contributed by atoms with Gasteiger partial charge in [-0.25, -0.2) is 0 Å². The Kier molecular flexibility index (Phi) is 4.28. The van der Waals surface area contributed by atoms with E-state index < -0.39 is 0 Å². The molecule has 0 unspecified atom stereocenters. The molecule has 2 nitrogen and oxygen atoms in total. The predicted octanol–water partition coefficient (Wildman–Crippen LogP) is 1.21. The van der Waals surface area contributed by atoms with Crippen molar-refractivity contribution in [2.45, 2.75) is 33.2 Å². The molecule has 1 N–H and O–H groups in total. The molecule has 0 saturated carbocycles. The van der Waals surface area contributed by atoms with Crippen LogP contribution in [0.2, 0.25) is 0 Å². The van der Waals surface area contributed by atoms with Gasteiger partial charge in [-0.15, -0.1) is 0 Å². The fraction of sp³-hybridized carbons (Fsp3) is 0.875. The average molecular weight is 143 g/mol. The van der Waals surface area contributed by atoms with Crippen LogP contribution in [-0.4, -0.2) is 18.9 Å². The third kappa shape index (κ3) is 2.48. The summed E-state index contributed by atoms with van der Waals surface area (Å²) in [6.45, 7) is 6.00. The first-order valence-corrected chi connectivity index (χ1v) is 3.83. The van der Waals surface area contributed by atoms with E-state index in [1.54, 1.807) is 0 Å². The molecule has 0 aromatic carbocycles. The molecule has 0 saturated heterocycles. The predicted molar refractivity (Wildman–Crippen MR) is 43.0 cm³/mol. The zero-order chi connectivity index (χ0) is 8.15. The Morgan fingerprint density at radius 3 is 2.10 bits per heavy atom. The number of hydrogen-bond acceptors (Lipinski definition) is 2. The van der Waals surface area contributed by atoms with Crippen molar-refractivity contribution in [1.29, 1.82) is 0 Å². The highest BCUT2D eigenvalue weighted by Gasteiger charge is 2.17. The summed E-state index contributed by atoms with van der Waals surface area (Å²) in [5.41, 5.74) is 0. The van der Waals surface area contributed by atoms with Crippen LogP contribution in [0.15, 0.2) is 0 Å². The van der Waals surface area contributed by atoms with Crippen LogP contribution in [0.3, 0.4) is 0 Å². The van der Waals surface area contributed by atoms with Crippen molar-refractivity contribution in [2.75, 3.05) is 7.05 Å². The largest absolute Gasteiger partial charge is 0.310 e. The van der Waals surface area contributed by atoms with E-state index in [9.17, 15) is 4.79 Å². The number of hydrogen-bond donors (Lipinski definition) is 1. The van der Waals surface area contributed by atoms with E-state index in [-0.39, 0.29) is 6.04 Å². The summed E-state index contributed by atoms with van der Waals surface area (Å²) in [6.07, 6.45) is 0.629. The van der Waals surface area contributed by atoms with Crippen molar-refractivity contribution in [3.63, 3.8) is 0 Å². The zero-order valence-corrected chi connectivity index (χ0v) is 7.27. The lowest BCUT2D eigenvalue weighted by Gasteiger charge is -2.17. The van der Waals surface area contributed by atoms with Crippen LogP contribution in [0.25, 0.3) is 0 Å². The maximum Gasteiger partial charge on any atom is 0.149 e. The minimum absolute atomic E-state index is 0.0463. The molecule has 0 amide bonds. The molecule has 0 aromatic heterocycles. The second-order valence-corrected chi connectivity index (χ2v) is 2.83. The lowest BCUT2D eigenvalue weighted by Crippen LogP contribution is -2.38. The third-order valence-corrected chi connectivity index (χ3v) is 1.67. The number of ketones is 1. The van der Waals surface area contributed by atoms with Gasteiger partial charge in [-0.1, -0.05) is 20.8 Å². The molecule has 2 heteroatoms. The van der Waals surface area contributed by atoms with Crippen LogP contribution in [0, 0.1) is 5.92 Å².